The Bertz CT molecular complexity index is 485. The summed E-state index contributed by atoms with van der Waals surface area (Å²) in [6.45, 7) is 2.53. The number of aromatic amines is 1. The van der Waals surface area contributed by atoms with Gasteiger partial charge in [0.15, 0.2) is 5.67 Å². The van der Waals surface area contributed by atoms with Gasteiger partial charge in [-0.05, 0) is 19.9 Å². The third kappa shape index (κ3) is 1.72. The topological polar surface area (TPSA) is 48.6 Å². The number of aromatic nitrogens is 2. The van der Waals surface area contributed by atoms with Crippen LogP contribution in [0.3, 0.4) is 0 Å². The van der Waals surface area contributed by atoms with Crippen molar-refractivity contribution >= 4 is 11.0 Å². The molecule has 1 heterocycles. The maximum Gasteiger partial charge on any atom is 0.162 e. The summed E-state index contributed by atoms with van der Waals surface area (Å²) in [5.41, 5.74) is 0.371. The lowest BCUT2D eigenvalue weighted by Gasteiger charge is -2.08. The van der Waals surface area contributed by atoms with Gasteiger partial charge in [0.1, 0.15) is 12.4 Å². The number of alkyl halides is 1. The largest absolute Gasteiger partial charge is 0.339 e. The highest BCUT2D eigenvalue weighted by atomic mass is 19.1. The van der Waals surface area contributed by atoms with Gasteiger partial charge in [0.2, 0.25) is 0 Å². The standard InChI is InChI=1S/C11H12FN2O/c1-11(2,12)10-13-8-5-3-4-7(6-15)9(8)14-10/h3-5H,6H2,1-2H3,(H,13,14). The van der Waals surface area contributed by atoms with Gasteiger partial charge in [-0.25, -0.2) is 14.5 Å². The zero-order valence-electron chi connectivity index (χ0n) is 8.67. The maximum atomic E-state index is 13.6. The van der Waals surface area contributed by atoms with Gasteiger partial charge >= 0.3 is 0 Å². The second kappa shape index (κ2) is 3.31. The highest BCUT2D eigenvalue weighted by molar-refractivity contribution is 5.78. The van der Waals surface area contributed by atoms with E-state index in [2.05, 4.69) is 9.97 Å². The van der Waals surface area contributed by atoms with Gasteiger partial charge in [-0.2, -0.15) is 0 Å². The molecule has 0 aliphatic rings. The number of fused-ring (bicyclic) bond motifs is 1. The van der Waals surface area contributed by atoms with E-state index in [1.165, 1.54) is 13.8 Å². The Balaban J connectivity index is 2.65. The van der Waals surface area contributed by atoms with Gasteiger partial charge in [0.05, 0.1) is 11.0 Å². The molecule has 0 aliphatic carbocycles. The molecule has 1 aromatic heterocycles. The van der Waals surface area contributed by atoms with Gasteiger partial charge in [-0.15, -0.1) is 0 Å². The predicted molar refractivity (Wildman–Crippen MR) is 54.6 cm³/mol. The molecule has 1 aromatic carbocycles. The van der Waals surface area contributed by atoms with E-state index in [-0.39, 0.29) is 12.4 Å². The molecular formula is C11H12FN2O. The molecule has 0 fully saturated rings. The summed E-state index contributed by atoms with van der Waals surface area (Å²) in [6.07, 6.45) is 0. The van der Waals surface area contributed by atoms with Crippen LogP contribution in [-0.2, 0) is 17.4 Å². The average molecular weight is 207 g/mol. The Labute approximate surface area is 87.0 Å². The van der Waals surface area contributed by atoms with Gasteiger partial charge in [-0.1, -0.05) is 12.1 Å². The minimum atomic E-state index is -1.51. The van der Waals surface area contributed by atoms with E-state index in [4.69, 9.17) is 0 Å². The van der Waals surface area contributed by atoms with Gasteiger partial charge in [0, 0.05) is 5.56 Å². The molecular weight excluding hydrogens is 195 g/mol. The molecule has 0 unspecified atom stereocenters. The highest BCUT2D eigenvalue weighted by Crippen LogP contribution is 2.25. The van der Waals surface area contributed by atoms with Crippen LogP contribution in [0.1, 0.15) is 25.2 Å². The van der Waals surface area contributed by atoms with Crippen LogP contribution in [0.2, 0.25) is 0 Å². The number of imidazole rings is 1. The second-order valence-corrected chi connectivity index (χ2v) is 4.02. The molecule has 0 atom stereocenters. The molecule has 1 radical (unpaired) electrons. The van der Waals surface area contributed by atoms with Crippen molar-refractivity contribution in [1.29, 1.82) is 0 Å². The first kappa shape index (κ1) is 10.1. The molecule has 3 nitrogen and oxygen atoms in total. The summed E-state index contributed by atoms with van der Waals surface area (Å²) in [5.74, 6) is 0.262. The van der Waals surface area contributed by atoms with E-state index < -0.39 is 5.67 Å². The number of nitrogens with one attached hydrogen (secondary N) is 1. The van der Waals surface area contributed by atoms with Gasteiger partial charge in [-0.3, -0.25) is 0 Å². The number of para-hydroxylation sites is 1. The summed E-state index contributed by atoms with van der Waals surface area (Å²) in [6, 6.07) is 5.27. The summed E-state index contributed by atoms with van der Waals surface area (Å²) in [7, 11) is 0. The molecule has 2 aromatic rings. The Morgan fingerprint density at radius 1 is 1.47 bits per heavy atom. The third-order valence-corrected chi connectivity index (χ3v) is 2.31. The van der Waals surface area contributed by atoms with Crippen molar-refractivity contribution in [3.05, 3.63) is 29.6 Å². The van der Waals surface area contributed by atoms with E-state index in [0.717, 1.165) is 0 Å². The first-order chi connectivity index (χ1) is 7.02. The van der Waals surface area contributed by atoms with E-state index in [1.54, 1.807) is 18.2 Å². The average Bonchev–Trinajstić information content (AvgIpc) is 2.59. The minimum absolute atomic E-state index is 0.262. The number of hydrogen-bond acceptors (Lipinski definition) is 1. The number of H-pyrrole nitrogens is 1. The van der Waals surface area contributed by atoms with Crippen LogP contribution >= 0.6 is 0 Å². The second-order valence-electron chi connectivity index (χ2n) is 4.02. The number of benzene rings is 1. The molecule has 0 aliphatic heterocycles. The zero-order chi connectivity index (χ0) is 11.1. The first-order valence-electron chi connectivity index (χ1n) is 4.77. The Hall–Kier alpha value is -1.42. The lowest BCUT2D eigenvalue weighted by Crippen LogP contribution is -2.11. The molecule has 0 bridgehead atoms. The zero-order valence-corrected chi connectivity index (χ0v) is 8.67. The summed E-state index contributed by atoms with van der Waals surface area (Å²) >= 11 is 0. The van der Waals surface area contributed by atoms with E-state index >= 15 is 0 Å². The normalized spacial score (nSPS) is 12.3. The van der Waals surface area contributed by atoms with E-state index in [1.807, 2.05) is 0 Å². The van der Waals surface area contributed by atoms with Crippen molar-refractivity contribution < 1.29 is 9.50 Å². The highest BCUT2D eigenvalue weighted by Gasteiger charge is 2.23. The Morgan fingerprint density at radius 3 is 2.80 bits per heavy atom. The molecule has 4 heteroatoms. The van der Waals surface area contributed by atoms with Crippen molar-refractivity contribution in [3.63, 3.8) is 0 Å². The first-order valence-corrected chi connectivity index (χ1v) is 4.77. The van der Waals surface area contributed by atoms with Crippen molar-refractivity contribution in [2.75, 3.05) is 0 Å². The Morgan fingerprint density at radius 2 is 2.20 bits per heavy atom. The minimum Gasteiger partial charge on any atom is -0.339 e. The van der Waals surface area contributed by atoms with Crippen LogP contribution in [0.4, 0.5) is 4.39 Å². The smallest absolute Gasteiger partial charge is 0.162 e. The monoisotopic (exact) mass is 207 g/mol. The van der Waals surface area contributed by atoms with Crippen LogP contribution in [0.25, 0.3) is 11.0 Å². The SMILES string of the molecule is CC(C)(F)c1nc2c(C[O])cccc2[nH]1. The number of halogens is 1. The fourth-order valence-corrected chi connectivity index (χ4v) is 1.49. The van der Waals surface area contributed by atoms with Crippen LogP contribution in [0.5, 0.6) is 0 Å². The van der Waals surface area contributed by atoms with Crippen LogP contribution in [-0.4, -0.2) is 9.97 Å². The molecule has 2 rings (SSSR count). The third-order valence-electron chi connectivity index (χ3n) is 2.31. The predicted octanol–water partition coefficient (Wildman–Crippen LogP) is 2.70. The molecule has 0 amide bonds. The van der Waals surface area contributed by atoms with Gasteiger partial charge < -0.3 is 4.98 Å². The van der Waals surface area contributed by atoms with Crippen molar-refractivity contribution in [3.8, 4) is 0 Å². The van der Waals surface area contributed by atoms with E-state index in [0.29, 0.717) is 16.6 Å². The number of rotatable bonds is 2. The van der Waals surface area contributed by atoms with Crippen molar-refractivity contribution in [2.24, 2.45) is 0 Å². The Kier molecular flexibility index (Phi) is 2.23. The molecule has 15 heavy (non-hydrogen) atoms. The molecule has 79 valence electrons. The van der Waals surface area contributed by atoms with Crippen molar-refractivity contribution in [1.82, 2.24) is 9.97 Å². The number of nitrogens with zero attached hydrogens (tertiary/aromatic N) is 1. The molecule has 1 N–H and O–H groups in total. The van der Waals surface area contributed by atoms with Gasteiger partial charge in [0.25, 0.3) is 0 Å². The summed E-state index contributed by atoms with van der Waals surface area (Å²) in [4.78, 5) is 7.01. The van der Waals surface area contributed by atoms with Crippen LogP contribution in [0.15, 0.2) is 18.2 Å². The fraction of sp³-hybridized carbons (Fsp3) is 0.364. The summed E-state index contributed by atoms with van der Waals surface area (Å²) < 4.78 is 13.6. The molecule has 0 saturated carbocycles. The van der Waals surface area contributed by atoms with Crippen LogP contribution in [0, 0.1) is 0 Å². The molecule has 0 spiro atoms. The number of hydrogen-bond donors (Lipinski definition) is 1. The maximum absolute atomic E-state index is 13.6. The quantitative estimate of drug-likeness (QED) is 0.808. The van der Waals surface area contributed by atoms with E-state index in [9.17, 15) is 9.50 Å². The van der Waals surface area contributed by atoms with Crippen molar-refractivity contribution in [2.45, 2.75) is 26.1 Å². The lowest BCUT2D eigenvalue weighted by atomic mass is 10.1. The van der Waals surface area contributed by atoms with Crippen LogP contribution < -0.4 is 0 Å². The lowest BCUT2D eigenvalue weighted by molar-refractivity contribution is 0.178. The fourth-order valence-electron chi connectivity index (χ4n) is 1.49. The molecule has 0 saturated heterocycles. The summed E-state index contributed by atoms with van der Waals surface area (Å²) in [5, 5.41) is 10.9.